The van der Waals surface area contributed by atoms with Gasteiger partial charge in [0.25, 0.3) is 0 Å². The van der Waals surface area contributed by atoms with Crippen LogP contribution in [-0.2, 0) is 4.74 Å². The molecule has 0 unspecified atom stereocenters. The fraction of sp³-hybridized carbons (Fsp3) is 0.150. The fourth-order valence-corrected chi connectivity index (χ4v) is 3.92. The molecule has 4 aromatic rings. The summed E-state index contributed by atoms with van der Waals surface area (Å²) in [4.78, 5) is 21.5. The maximum atomic E-state index is 12.4. The van der Waals surface area contributed by atoms with E-state index in [1.807, 2.05) is 41.8 Å². The van der Waals surface area contributed by atoms with E-state index < -0.39 is 5.97 Å². The molecule has 4 rings (SSSR count). The number of aryl methyl sites for hydroxylation is 1. The first kappa shape index (κ1) is 17.9. The Morgan fingerprint density at radius 1 is 1.26 bits per heavy atom. The van der Waals surface area contributed by atoms with Gasteiger partial charge in [0.05, 0.1) is 33.9 Å². The van der Waals surface area contributed by atoms with E-state index in [1.54, 1.807) is 19.2 Å². The van der Waals surface area contributed by atoms with Crippen molar-refractivity contribution in [1.82, 2.24) is 14.5 Å². The summed E-state index contributed by atoms with van der Waals surface area (Å²) in [6, 6.07) is 11.3. The fourth-order valence-electron chi connectivity index (χ4n) is 3.25. The first-order chi connectivity index (χ1) is 13.0. The molecule has 136 valence electrons. The van der Waals surface area contributed by atoms with Gasteiger partial charge in [-0.15, -0.1) is 0 Å². The van der Waals surface area contributed by atoms with E-state index in [4.69, 9.17) is 16.3 Å². The van der Waals surface area contributed by atoms with Crippen molar-refractivity contribution in [2.45, 2.75) is 13.8 Å². The Kier molecular flexibility index (Phi) is 4.61. The molecule has 0 saturated heterocycles. The molecule has 0 radical (unpaired) electrons. The van der Waals surface area contributed by atoms with E-state index in [0.29, 0.717) is 22.7 Å². The lowest BCUT2D eigenvalue weighted by molar-refractivity contribution is 0.0528. The second-order valence-corrected chi connectivity index (χ2v) is 7.32. The topological polar surface area (TPSA) is 57.0 Å². The van der Waals surface area contributed by atoms with Crippen molar-refractivity contribution >= 4 is 55.4 Å². The number of para-hydroxylation sites is 1. The number of hydrogen-bond acceptors (Lipinski definition) is 4. The van der Waals surface area contributed by atoms with Gasteiger partial charge in [-0.3, -0.25) is 9.55 Å². The molecule has 0 N–H and O–H groups in total. The van der Waals surface area contributed by atoms with Gasteiger partial charge < -0.3 is 4.74 Å². The molecule has 27 heavy (non-hydrogen) atoms. The summed E-state index contributed by atoms with van der Waals surface area (Å²) in [6.07, 6.45) is 1.72. The third-order valence-corrected chi connectivity index (χ3v) is 5.09. The van der Waals surface area contributed by atoms with Crippen LogP contribution in [0.3, 0.4) is 0 Å². The highest BCUT2D eigenvalue weighted by Gasteiger charge is 2.20. The highest BCUT2D eigenvalue weighted by atomic mass is 79.9. The number of carbonyl (C=O) groups is 1. The number of aromatic nitrogens is 3. The van der Waals surface area contributed by atoms with Crippen molar-refractivity contribution in [3.63, 3.8) is 0 Å². The number of esters is 1. The van der Waals surface area contributed by atoms with Gasteiger partial charge in [0.15, 0.2) is 0 Å². The van der Waals surface area contributed by atoms with E-state index in [9.17, 15) is 4.79 Å². The smallest absolute Gasteiger partial charge is 0.340 e. The Labute approximate surface area is 169 Å². The molecular formula is C20H15BrClN3O2. The lowest BCUT2D eigenvalue weighted by atomic mass is 10.1. The Bertz CT molecular complexity index is 1200. The van der Waals surface area contributed by atoms with E-state index in [1.165, 1.54) is 0 Å². The second-order valence-electron chi connectivity index (χ2n) is 6.00. The minimum atomic E-state index is -0.393. The van der Waals surface area contributed by atoms with Gasteiger partial charge in [-0.2, -0.15) is 0 Å². The summed E-state index contributed by atoms with van der Waals surface area (Å²) < 4.78 is 7.97. The first-order valence-corrected chi connectivity index (χ1v) is 9.57. The molecule has 0 fully saturated rings. The van der Waals surface area contributed by atoms with Crippen molar-refractivity contribution in [1.29, 1.82) is 0 Å². The summed E-state index contributed by atoms with van der Waals surface area (Å²) in [5.41, 5.74) is 3.45. The van der Waals surface area contributed by atoms with Crippen LogP contribution < -0.4 is 0 Å². The highest BCUT2D eigenvalue weighted by molar-refractivity contribution is 9.10. The summed E-state index contributed by atoms with van der Waals surface area (Å²) in [6.45, 7) is 3.99. The Hall–Kier alpha value is -2.44. The average molecular weight is 445 g/mol. The van der Waals surface area contributed by atoms with Gasteiger partial charge in [-0.1, -0.05) is 39.7 Å². The van der Waals surface area contributed by atoms with E-state index in [0.717, 1.165) is 32.4 Å². The van der Waals surface area contributed by atoms with Gasteiger partial charge in [0, 0.05) is 16.1 Å². The van der Waals surface area contributed by atoms with Crippen LogP contribution in [0, 0.1) is 6.92 Å². The van der Waals surface area contributed by atoms with Crippen LogP contribution in [0.5, 0.6) is 0 Å². The van der Waals surface area contributed by atoms with Gasteiger partial charge >= 0.3 is 5.97 Å². The summed E-state index contributed by atoms with van der Waals surface area (Å²) in [5.74, 6) is 0.359. The van der Waals surface area contributed by atoms with Crippen molar-refractivity contribution in [3.05, 3.63) is 63.5 Å². The standard InChI is InChI=1S/C20H15BrClN3O2/c1-3-27-20(26)14-9-12(21)10-17-19(14)24-11(2)25(17)16-7-8-23-18-13(16)5-4-6-15(18)22/h4-10H,3H2,1-2H3. The molecule has 0 atom stereocenters. The molecule has 7 heteroatoms. The predicted octanol–water partition coefficient (Wildman–Crippen LogP) is 5.47. The van der Waals surface area contributed by atoms with Crippen LogP contribution in [0.25, 0.3) is 27.6 Å². The molecule has 0 aliphatic heterocycles. The first-order valence-electron chi connectivity index (χ1n) is 8.40. The summed E-state index contributed by atoms with van der Waals surface area (Å²) >= 11 is 9.82. The van der Waals surface area contributed by atoms with Crippen molar-refractivity contribution in [2.75, 3.05) is 6.61 Å². The maximum absolute atomic E-state index is 12.4. The molecular weight excluding hydrogens is 430 g/mol. The number of halogens is 2. The van der Waals surface area contributed by atoms with Gasteiger partial charge in [0.1, 0.15) is 11.3 Å². The third kappa shape index (κ3) is 2.99. The molecule has 2 heterocycles. The Morgan fingerprint density at radius 3 is 2.85 bits per heavy atom. The molecule has 0 saturated carbocycles. The zero-order valence-corrected chi connectivity index (χ0v) is 17.0. The highest BCUT2D eigenvalue weighted by Crippen LogP contribution is 2.32. The zero-order chi connectivity index (χ0) is 19.1. The number of ether oxygens (including phenoxy) is 1. The van der Waals surface area contributed by atoms with Crippen LogP contribution in [-0.4, -0.2) is 27.1 Å². The number of rotatable bonds is 3. The van der Waals surface area contributed by atoms with E-state index >= 15 is 0 Å². The van der Waals surface area contributed by atoms with Crippen LogP contribution in [0.4, 0.5) is 0 Å². The van der Waals surface area contributed by atoms with Crippen LogP contribution in [0.15, 0.2) is 47.1 Å². The van der Waals surface area contributed by atoms with Crippen molar-refractivity contribution in [3.8, 4) is 5.69 Å². The Balaban J connectivity index is 2.06. The van der Waals surface area contributed by atoms with Crippen LogP contribution in [0.2, 0.25) is 5.02 Å². The number of hydrogen-bond donors (Lipinski definition) is 0. The number of imidazole rings is 1. The molecule has 5 nitrogen and oxygen atoms in total. The molecule has 2 aromatic heterocycles. The van der Waals surface area contributed by atoms with Crippen LogP contribution >= 0.6 is 27.5 Å². The molecule has 2 aromatic carbocycles. The second kappa shape index (κ2) is 6.94. The van der Waals surface area contributed by atoms with Crippen molar-refractivity contribution < 1.29 is 9.53 Å². The minimum Gasteiger partial charge on any atom is -0.462 e. The van der Waals surface area contributed by atoms with E-state index in [2.05, 4.69) is 25.9 Å². The molecule has 0 bridgehead atoms. The third-order valence-electron chi connectivity index (χ3n) is 4.33. The Morgan fingerprint density at radius 2 is 2.07 bits per heavy atom. The molecule has 0 aliphatic carbocycles. The normalized spacial score (nSPS) is 11.3. The predicted molar refractivity (Wildman–Crippen MR) is 110 cm³/mol. The monoisotopic (exact) mass is 443 g/mol. The quantitative estimate of drug-likeness (QED) is 0.393. The molecule has 0 amide bonds. The van der Waals surface area contributed by atoms with Crippen LogP contribution in [0.1, 0.15) is 23.1 Å². The largest absolute Gasteiger partial charge is 0.462 e. The van der Waals surface area contributed by atoms with Crippen molar-refractivity contribution in [2.24, 2.45) is 0 Å². The number of nitrogens with zero attached hydrogens (tertiary/aromatic N) is 3. The molecule has 0 aliphatic rings. The summed E-state index contributed by atoms with van der Waals surface area (Å²) in [7, 11) is 0. The van der Waals surface area contributed by atoms with Gasteiger partial charge in [-0.25, -0.2) is 9.78 Å². The number of pyridine rings is 1. The van der Waals surface area contributed by atoms with E-state index in [-0.39, 0.29) is 0 Å². The average Bonchev–Trinajstić information content (AvgIpc) is 2.97. The lowest BCUT2D eigenvalue weighted by Gasteiger charge is -2.11. The lowest BCUT2D eigenvalue weighted by Crippen LogP contribution is -2.05. The minimum absolute atomic E-state index is 0.306. The molecule has 0 spiro atoms. The summed E-state index contributed by atoms with van der Waals surface area (Å²) in [5, 5.41) is 1.50. The maximum Gasteiger partial charge on any atom is 0.340 e. The zero-order valence-electron chi connectivity index (χ0n) is 14.7. The van der Waals surface area contributed by atoms with Gasteiger partial charge in [-0.05, 0) is 38.1 Å². The number of carbonyl (C=O) groups excluding carboxylic acids is 1. The number of benzene rings is 2. The van der Waals surface area contributed by atoms with Gasteiger partial charge in [0.2, 0.25) is 0 Å². The SMILES string of the molecule is CCOC(=O)c1cc(Br)cc2c1nc(C)n2-c1ccnc2c(Cl)cccc12. The number of fused-ring (bicyclic) bond motifs is 2.